The Bertz CT molecular complexity index is 1380. The molecule has 0 unspecified atom stereocenters. The molecular weight excluding hydrogens is 625 g/mol. The van der Waals surface area contributed by atoms with Crippen LogP contribution in [-0.4, -0.2) is 76.7 Å². The van der Waals surface area contributed by atoms with Gasteiger partial charge in [0.1, 0.15) is 6.04 Å². The van der Waals surface area contributed by atoms with Crippen molar-refractivity contribution in [3.63, 3.8) is 0 Å². The first-order chi connectivity index (χ1) is 21.6. The number of carboxylic acids is 1. The van der Waals surface area contributed by atoms with Gasteiger partial charge in [-0.15, -0.1) is 11.3 Å². The number of hydrogen-bond acceptors (Lipinski definition) is 7. The Hall–Kier alpha value is -3.75. The van der Waals surface area contributed by atoms with Gasteiger partial charge < -0.3 is 31.1 Å². The van der Waals surface area contributed by atoms with E-state index < -0.39 is 35.2 Å². The predicted molar refractivity (Wildman–Crippen MR) is 167 cm³/mol. The zero-order chi connectivity index (χ0) is 34.1. The summed E-state index contributed by atoms with van der Waals surface area (Å²) in [6, 6.07) is 12.7. The summed E-state index contributed by atoms with van der Waals surface area (Å²) < 4.78 is 37.6. The van der Waals surface area contributed by atoms with Crippen LogP contribution < -0.4 is 16.4 Å². The number of hydrogen-bond donors (Lipinski definition) is 4. The lowest BCUT2D eigenvalue weighted by Crippen LogP contribution is -2.58. The average molecular weight is 667 g/mol. The maximum absolute atomic E-state index is 14.0. The van der Waals surface area contributed by atoms with E-state index >= 15 is 0 Å². The number of nitrogens with one attached hydrogen (secondary N) is 2. The van der Waals surface area contributed by atoms with Gasteiger partial charge in [-0.05, 0) is 56.2 Å². The highest BCUT2D eigenvalue weighted by molar-refractivity contribution is 7.11. The Kier molecular flexibility index (Phi) is 12.5. The molecule has 0 bridgehead atoms. The van der Waals surface area contributed by atoms with E-state index in [-0.39, 0.29) is 18.4 Å². The largest absolute Gasteiger partial charge is 0.490 e. The lowest BCUT2D eigenvalue weighted by atomic mass is 9.76. The molecule has 2 aliphatic rings. The highest BCUT2D eigenvalue weighted by Crippen LogP contribution is 2.43. The Morgan fingerprint density at radius 3 is 2.26 bits per heavy atom. The molecule has 1 aliphatic heterocycles. The fourth-order valence-corrected chi connectivity index (χ4v) is 6.16. The van der Waals surface area contributed by atoms with Crippen LogP contribution >= 0.6 is 11.3 Å². The smallest absolute Gasteiger partial charge is 0.475 e. The number of ether oxygens (including phenoxy) is 1. The maximum atomic E-state index is 14.0. The molecule has 1 aromatic carbocycles. The quantitative estimate of drug-likeness (QED) is 0.280. The minimum absolute atomic E-state index is 0.00516. The van der Waals surface area contributed by atoms with Crippen molar-refractivity contribution < 1.29 is 42.2 Å². The average Bonchev–Trinajstić information content (AvgIpc) is 3.61. The van der Waals surface area contributed by atoms with E-state index in [0.717, 1.165) is 48.1 Å². The molecular formula is C32H41F3N4O6S. The van der Waals surface area contributed by atoms with Crippen LogP contribution in [0.5, 0.6) is 0 Å². The first kappa shape index (κ1) is 36.7. The van der Waals surface area contributed by atoms with Crippen LogP contribution in [0.2, 0.25) is 0 Å². The fourth-order valence-electron chi connectivity index (χ4n) is 5.37. The van der Waals surface area contributed by atoms with Crippen molar-refractivity contribution in [2.24, 2.45) is 5.73 Å². The van der Waals surface area contributed by atoms with Gasteiger partial charge >= 0.3 is 12.1 Å². The van der Waals surface area contributed by atoms with Gasteiger partial charge in [-0.3, -0.25) is 14.4 Å². The molecule has 14 heteroatoms. The second-order valence-corrected chi connectivity index (χ2v) is 12.8. The standard InChI is InChI=1S/C30H40N4O4S.C2HF3O2/c1-4-34(18-22-25(24-14-11-17-39-24)26(35)33-30(22)15-9-6-10-16-30)27(36)23(32-28(37)29(2,3)31)20-38-19-21-12-7-5-8-13-21;3-2(4,5)1(6)7/h5,7-8,11-14,17,23H,4,6,9-10,15-16,18-20,31H2,1-3H3,(H,32,37)(H,33,35);(H,6,7)/t23-;/m1./s1. The summed E-state index contributed by atoms with van der Waals surface area (Å²) in [5.41, 5.74) is 7.07. The van der Waals surface area contributed by atoms with Gasteiger partial charge in [-0.2, -0.15) is 13.2 Å². The summed E-state index contributed by atoms with van der Waals surface area (Å²) in [6.45, 7) is 6.16. The van der Waals surface area contributed by atoms with Crippen molar-refractivity contribution in [2.45, 2.75) is 82.8 Å². The number of rotatable bonds is 11. The fraction of sp³-hybridized carbons (Fsp3) is 0.500. The van der Waals surface area contributed by atoms with Crippen molar-refractivity contribution in [2.75, 3.05) is 19.7 Å². The molecule has 5 N–H and O–H groups in total. The summed E-state index contributed by atoms with van der Waals surface area (Å²) in [6.07, 6.45) is -0.178. The van der Waals surface area contributed by atoms with Crippen molar-refractivity contribution >= 4 is 40.6 Å². The van der Waals surface area contributed by atoms with E-state index in [0.29, 0.717) is 25.3 Å². The molecule has 1 aromatic heterocycles. The lowest BCUT2D eigenvalue weighted by Gasteiger charge is -2.38. The zero-order valence-corrected chi connectivity index (χ0v) is 26.9. The Labute approximate surface area is 270 Å². The number of carboxylic acid groups (broad SMARTS) is 1. The molecule has 46 heavy (non-hydrogen) atoms. The molecule has 3 amide bonds. The van der Waals surface area contributed by atoms with Gasteiger partial charge in [0, 0.05) is 18.0 Å². The molecule has 1 atom stereocenters. The SMILES string of the molecule is CCN(CC1=C(c2cccs2)C(=O)NC12CCCCC2)C(=O)[C@@H](COCc1ccccc1)NC(=O)C(C)(C)N.O=C(O)C(F)(F)F. The van der Waals surface area contributed by atoms with Gasteiger partial charge in [-0.25, -0.2) is 4.79 Å². The number of benzene rings is 1. The van der Waals surface area contributed by atoms with Crippen LogP contribution in [0.4, 0.5) is 13.2 Å². The second-order valence-electron chi connectivity index (χ2n) is 11.8. The molecule has 0 saturated heterocycles. The maximum Gasteiger partial charge on any atom is 0.490 e. The van der Waals surface area contributed by atoms with Gasteiger partial charge in [0.15, 0.2) is 0 Å². The number of carbonyl (C=O) groups excluding carboxylic acids is 3. The molecule has 2 aromatic rings. The van der Waals surface area contributed by atoms with Crippen LogP contribution in [0.3, 0.4) is 0 Å². The van der Waals surface area contributed by atoms with Gasteiger partial charge in [-0.1, -0.05) is 55.7 Å². The number of thiophene rings is 1. The van der Waals surface area contributed by atoms with E-state index in [2.05, 4.69) is 10.6 Å². The summed E-state index contributed by atoms with van der Waals surface area (Å²) in [5.74, 6) is -3.52. The topological polar surface area (TPSA) is 151 Å². The summed E-state index contributed by atoms with van der Waals surface area (Å²) >= 11 is 1.53. The van der Waals surface area contributed by atoms with Crippen molar-refractivity contribution in [3.05, 3.63) is 63.9 Å². The molecule has 2 heterocycles. The van der Waals surface area contributed by atoms with Crippen molar-refractivity contribution in [3.8, 4) is 0 Å². The Balaban J connectivity index is 0.000000738. The van der Waals surface area contributed by atoms with E-state index in [1.807, 2.05) is 54.8 Å². The third kappa shape index (κ3) is 9.63. The van der Waals surface area contributed by atoms with Gasteiger partial charge in [0.2, 0.25) is 11.8 Å². The number of carbonyl (C=O) groups is 4. The number of halogens is 3. The number of alkyl halides is 3. The van der Waals surface area contributed by atoms with Crippen molar-refractivity contribution in [1.29, 1.82) is 0 Å². The van der Waals surface area contributed by atoms with Crippen LogP contribution in [0.15, 0.2) is 53.4 Å². The second kappa shape index (κ2) is 15.7. The normalized spacial score (nSPS) is 16.7. The number of nitrogens with zero attached hydrogens (tertiary/aromatic N) is 1. The molecule has 1 fully saturated rings. The predicted octanol–water partition coefficient (Wildman–Crippen LogP) is 4.26. The highest BCUT2D eigenvalue weighted by atomic mass is 32.1. The van der Waals surface area contributed by atoms with E-state index in [4.69, 9.17) is 20.4 Å². The van der Waals surface area contributed by atoms with E-state index in [1.54, 1.807) is 18.7 Å². The third-order valence-electron chi connectivity index (χ3n) is 7.80. The summed E-state index contributed by atoms with van der Waals surface area (Å²) in [7, 11) is 0. The third-order valence-corrected chi connectivity index (χ3v) is 8.69. The lowest BCUT2D eigenvalue weighted by molar-refractivity contribution is -0.192. The van der Waals surface area contributed by atoms with Gasteiger partial charge in [0.25, 0.3) is 5.91 Å². The molecule has 252 valence electrons. The van der Waals surface area contributed by atoms with Crippen LogP contribution in [0.25, 0.3) is 5.57 Å². The molecule has 1 saturated carbocycles. The highest BCUT2D eigenvalue weighted by Gasteiger charge is 2.47. The minimum atomic E-state index is -5.08. The minimum Gasteiger partial charge on any atom is -0.475 e. The van der Waals surface area contributed by atoms with Crippen LogP contribution in [-0.2, 0) is 30.5 Å². The first-order valence-electron chi connectivity index (χ1n) is 15.0. The van der Waals surface area contributed by atoms with E-state index in [1.165, 1.54) is 11.3 Å². The Morgan fingerprint density at radius 1 is 1.11 bits per heavy atom. The molecule has 10 nitrogen and oxygen atoms in total. The number of nitrogens with two attached hydrogens (primary N) is 1. The summed E-state index contributed by atoms with van der Waals surface area (Å²) in [4.78, 5) is 51.6. The zero-order valence-electron chi connectivity index (χ0n) is 26.1. The number of aliphatic carboxylic acids is 1. The first-order valence-corrected chi connectivity index (χ1v) is 15.9. The molecule has 1 aliphatic carbocycles. The van der Waals surface area contributed by atoms with Crippen LogP contribution in [0.1, 0.15) is 63.3 Å². The van der Waals surface area contributed by atoms with Gasteiger partial charge in [0.05, 0.1) is 29.9 Å². The molecule has 4 rings (SSSR count). The molecule has 0 radical (unpaired) electrons. The summed E-state index contributed by atoms with van der Waals surface area (Å²) in [5, 5.41) is 15.2. The monoisotopic (exact) mass is 666 g/mol. The molecule has 1 spiro atoms. The van der Waals surface area contributed by atoms with Crippen LogP contribution in [0, 0.1) is 0 Å². The number of likely N-dealkylation sites (N-methyl/N-ethyl adjacent to an activating group) is 1. The van der Waals surface area contributed by atoms with Crippen molar-refractivity contribution in [1.82, 2.24) is 15.5 Å². The Morgan fingerprint density at radius 2 is 1.74 bits per heavy atom. The van der Waals surface area contributed by atoms with E-state index in [9.17, 15) is 27.6 Å². The number of amides is 3.